The number of hydrogen-bond acceptors (Lipinski definition) is 4. The highest BCUT2D eigenvalue weighted by Crippen LogP contribution is 2.24. The molecule has 0 radical (unpaired) electrons. The molecule has 0 saturated heterocycles. The Morgan fingerprint density at radius 1 is 1.14 bits per heavy atom. The molecule has 0 aliphatic rings. The van der Waals surface area contributed by atoms with Gasteiger partial charge in [-0.15, -0.1) is 0 Å². The van der Waals surface area contributed by atoms with Gasteiger partial charge in [0.15, 0.2) is 0 Å². The summed E-state index contributed by atoms with van der Waals surface area (Å²) in [6, 6.07) is 0. The molecule has 1 atom stereocenters. The van der Waals surface area contributed by atoms with Crippen LogP contribution in [0.2, 0.25) is 0 Å². The van der Waals surface area contributed by atoms with Gasteiger partial charge < -0.3 is 5.84 Å². The molecule has 0 bridgehead atoms. The van der Waals surface area contributed by atoms with Crippen LogP contribution in [0, 0.1) is 4.77 Å². The van der Waals surface area contributed by atoms with Crippen molar-refractivity contribution in [3.8, 4) is 0 Å². The van der Waals surface area contributed by atoms with E-state index in [9.17, 15) is 9.59 Å². The van der Waals surface area contributed by atoms with Gasteiger partial charge in [0.2, 0.25) is 4.77 Å². The van der Waals surface area contributed by atoms with Gasteiger partial charge in [-0.05, 0) is 32.0 Å². The summed E-state index contributed by atoms with van der Waals surface area (Å²) in [5.74, 6) is 5.70. The van der Waals surface area contributed by atoms with Gasteiger partial charge in [-0.1, -0.05) is 39.5 Å². The van der Waals surface area contributed by atoms with E-state index in [1.165, 1.54) is 16.2 Å². The summed E-state index contributed by atoms with van der Waals surface area (Å²) >= 11 is 5.00. The van der Waals surface area contributed by atoms with Crippen LogP contribution in [0.4, 0.5) is 0 Å². The molecule has 0 amide bonds. The normalized spacial score (nSPS) is 14.1. The Bertz CT molecular complexity index is 618. The second kappa shape index (κ2) is 7.06. The Balaban J connectivity index is 3.32. The number of nitrogen functional groups attached to an aromatic ring is 1. The second-order valence-corrected chi connectivity index (χ2v) is 6.14. The molecule has 1 heterocycles. The van der Waals surface area contributed by atoms with Crippen LogP contribution >= 0.6 is 12.2 Å². The van der Waals surface area contributed by atoms with E-state index in [2.05, 4.69) is 6.92 Å². The molecule has 21 heavy (non-hydrogen) atoms. The number of unbranched alkanes of at least 4 members (excludes halogenated alkanes) is 3. The zero-order valence-corrected chi connectivity index (χ0v) is 14.2. The highest BCUT2D eigenvalue weighted by atomic mass is 32.1. The average molecular weight is 314 g/mol. The molecule has 0 aliphatic carbocycles. The maximum absolute atomic E-state index is 12.4. The number of hydrogen-bond donors (Lipinski definition) is 1. The monoisotopic (exact) mass is 314 g/mol. The summed E-state index contributed by atoms with van der Waals surface area (Å²) in [5.41, 5.74) is -1.47. The standard InChI is InChI=1S/C14H26N4O2S/c1-5-7-8-9-10-14(3,6-2)17-11(19)16(4)13(21)18(15)12(17)20/h5-10,15H2,1-4H3. The summed E-state index contributed by atoms with van der Waals surface area (Å²) in [4.78, 5) is 24.8. The van der Waals surface area contributed by atoms with Crippen molar-refractivity contribution in [1.29, 1.82) is 0 Å². The fourth-order valence-electron chi connectivity index (χ4n) is 2.51. The average Bonchev–Trinajstić information content (AvgIpc) is 2.47. The molecule has 120 valence electrons. The van der Waals surface area contributed by atoms with Crippen LogP contribution < -0.4 is 17.2 Å². The van der Waals surface area contributed by atoms with Gasteiger partial charge in [0.1, 0.15) is 0 Å². The summed E-state index contributed by atoms with van der Waals surface area (Å²) in [7, 11) is 1.54. The van der Waals surface area contributed by atoms with Gasteiger partial charge in [0, 0.05) is 7.05 Å². The first-order valence-corrected chi connectivity index (χ1v) is 7.91. The molecule has 1 unspecified atom stereocenters. The third-order valence-electron chi connectivity index (χ3n) is 4.24. The molecule has 0 saturated carbocycles. The molecule has 6 nitrogen and oxygen atoms in total. The molecule has 0 aliphatic heterocycles. The van der Waals surface area contributed by atoms with Crippen molar-refractivity contribution in [1.82, 2.24) is 13.8 Å². The predicted octanol–water partition coefficient (Wildman–Crippen LogP) is 1.89. The van der Waals surface area contributed by atoms with Crippen LogP contribution in [-0.4, -0.2) is 13.8 Å². The highest BCUT2D eigenvalue weighted by molar-refractivity contribution is 7.71. The Morgan fingerprint density at radius 3 is 2.29 bits per heavy atom. The summed E-state index contributed by atoms with van der Waals surface area (Å²) in [6.07, 6.45) is 5.85. The Kier molecular flexibility index (Phi) is 5.95. The largest absolute Gasteiger partial charge is 0.353 e. The molecule has 0 fully saturated rings. The van der Waals surface area contributed by atoms with Gasteiger partial charge in [-0.25, -0.2) is 14.2 Å². The molecule has 1 aromatic rings. The SMILES string of the molecule is CCCCCCC(C)(CC)n1c(=O)n(C)c(=S)n(N)c1=O. The minimum atomic E-state index is -0.539. The Hall–Kier alpha value is -1.37. The number of aromatic nitrogens is 3. The minimum Gasteiger partial charge on any atom is -0.333 e. The zero-order chi connectivity index (χ0) is 16.2. The van der Waals surface area contributed by atoms with Gasteiger partial charge in [0.05, 0.1) is 5.54 Å². The number of nitrogens with two attached hydrogens (primary N) is 1. The van der Waals surface area contributed by atoms with Crippen molar-refractivity contribution >= 4 is 12.2 Å². The fraction of sp³-hybridized carbons (Fsp3) is 0.786. The topological polar surface area (TPSA) is 74.9 Å². The number of nitrogens with zero attached hydrogens (tertiary/aromatic N) is 3. The lowest BCUT2D eigenvalue weighted by Gasteiger charge is -2.30. The van der Waals surface area contributed by atoms with E-state index in [1.807, 2.05) is 13.8 Å². The second-order valence-electron chi connectivity index (χ2n) is 5.77. The maximum Gasteiger partial charge on any atom is 0.353 e. The van der Waals surface area contributed by atoms with Crippen molar-refractivity contribution in [3.63, 3.8) is 0 Å². The molecular formula is C14H26N4O2S. The molecule has 2 N–H and O–H groups in total. The highest BCUT2D eigenvalue weighted by Gasteiger charge is 2.29. The molecule has 0 aromatic carbocycles. The Morgan fingerprint density at radius 2 is 1.76 bits per heavy atom. The van der Waals surface area contributed by atoms with Crippen molar-refractivity contribution in [2.75, 3.05) is 5.84 Å². The first-order chi connectivity index (χ1) is 9.80. The quantitative estimate of drug-likeness (QED) is 0.474. The van der Waals surface area contributed by atoms with Crippen molar-refractivity contribution in [2.45, 2.75) is 64.8 Å². The van der Waals surface area contributed by atoms with Crippen LogP contribution in [0.5, 0.6) is 0 Å². The minimum absolute atomic E-state index is 0.0330. The van der Waals surface area contributed by atoms with Crippen LogP contribution in [0.1, 0.15) is 59.3 Å². The Labute approximate surface area is 130 Å². The maximum atomic E-state index is 12.4. The van der Waals surface area contributed by atoms with Gasteiger partial charge in [0.25, 0.3) is 0 Å². The van der Waals surface area contributed by atoms with E-state index in [0.29, 0.717) is 6.42 Å². The smallest absolute Gasteiger partial charge is 0.333 e. The van der Waals surface area contributed by atoms with E-state index in [4.69, 9.17) is 18.1 Å². The predicted molar refractivity (Wildman–Crippen MR) is 87.6 cm³/mol. The van der Waals surface area contributed by atoms with Crippen molar-refractivity contribution < 1.29 is 0 Å². The summed E-state index contributed by atoms with van der Waals surface area (Å²) < 4.78 is 3.41. The molecule has 7 heteroatoms. The third-order valence-corrected chi connectivity index (χ3v) is 4.71. The molecular weight excluding hydrogens is 288 g/mol. The van der Waals surface area contributed by atoms with Crippen LogP contribution in [0.3, 0.4) is 0 Å². The summed E-state index contributed by atoms with van der Waals surface area (Å²) in [5, 5.41) is 0. The van der Waals surface area contributed by atoms with Gasteiger partial charge in [-0.2, -0.15) is 4.68 Å². The van der Waals surface area contributed by atoms with Gasteiger partial charge in [-0.3, -0.25) is 4.57 Å². The van der Waals surface area contributed by atoms with Crippen LogP contribution in [0.15, 0.2) is 9.59 Å². The lowest BCUT2D eigenvalue weighted by molar-refractivity contribution is 0.239. The van der Waals surface area contributed by atoms with Crippen molar-refractivity contribution in [3.05, 3.63) is 25.7 Å². The summed E-state index contributed by atoms with van der Waals surface area (Å²) in [6.45, 7) is 6.07. The van der Waals surface area contributed by atoms with E-state index in [1.54, 1.807) is 0 Å². The van der Waals surface area contributed by atoms with E-state index in [0.717, 1.165) is 36.8 Å². The molecule has 0 spiro atoms. The molecule has 1 rings (SSSR count). The van der Waals surface area contributed by atoms with E-state index < -0.39 is 16.9 Å². The molecule has 1 aromatic heterocycles. The van der Waals surface area contributed by atoms with Crippen LogP contribution in [-0.2, 0) is 12.6 Å². The zero-order valence-electron chi connectivity index (χ0n) is 13.4. The first-order valence-electron chi connectivity index (χ1n) is 7.50. The van der Waals surface area contributed by atoms with Crippen molar-refractivity contribution in [2.24, 2.45) is 7.05 Å². The fourth-order valence-corrected chi connectivity index (χ4v) is 2.66. The number of rotatable bonds is 7. The lowest BCUT2D eigenvalue weighted by atomic mass is 9.91. The van der Waals surface area contributed by atoms with E-state index in [-0.39, 0.29) is 4.77 Å². The lowest BCUT2D eigenvalue weighted by Crippen LogP contribution is -2.55. The first kappa shape index (κ1) is 17.7. The van der Waals surface area contributed by atoms with Crippen LogP contribution in [0.25, 0.3) is 0 Å². The van der Waals surface area contributed by atoms with Gasteiger partial charge >= 0.3 is 11.4 Å². The van der Waals surface area contributed by atoms with E-state index >= 15 is 0 Å². The third kappa shape index (κ3) is 3.45.